The lowest BCUT2D eigenvalue weighted by atomic mass is 9.97. The van der Waals surface area contributed by atoms with Gasteiger partial charge in [0, 0.05) is 10.0 Å². The summed E-state index contributed by atoms with van der Waals surface area (Å²) in [6.45, 7) is 1.67. The fourth-order valence-electron chi connectivity index (χ4n) is 2.15. The Morgan fingerprint density at radius 3 is 2.17 bits per heavy atom. The minimum Gasteiger partial charge on any atom is -0.508 e. The molecule has 2 aromatic rings. The molecule has 1 N–H and O–H groups in total. The van der Waals surface area contributed by atoms with E-state index < -0.39 is 12.1 Å². The first kappa shape index (κ1) is 17.7. The van der Waals surface area contributed by atoms with Crippen LogP contribution in [0.5, 0.6) is 5.75 Å². The van der Waals surface area contributed by atoms with Gasteiger partial charge in [0.2, 0.25) is 0 Å². The predicted octanol–water partition coefficient (Wildman–Crippen LogP) is 6.37. The molecule has 6 heteroatoms. The van der Waals surface area contributed by atoms with Crippen LogP contribution >= 0.6 is 23.2 Å². The monoisotopic (exact) mass is 360 g/mol. The number of halogens is 5. The molecule has 1 unspecified atom stereocenters. The van der Waals surface area contributed by atoms with E-state index in [2.05, 4.69) is 0 Å². The van der Waals surface area contributed by atoms with E-state index in [1.807, 2.05) is 0 Å². The Morgan fingerprint density at radius 1 is 1.04 bits per heavy atom. The lowest BCUT2D eigenvalue weighted by molar-refractivity contribution is -0.139. The molecule has 0 aromatic heterocycles. The second kappa shape index (κ2) is 6.85. The SMILES string of the molecule is Cc1cc(/C=C/C(c2cc(Cl)cc(Cl)c2)C(F)(F)F)ccc1O. The van der Waals surface area contributed by atoms with E-state index in [1.54, 1.807) is 13.0 Å². The molecule has 0 aliphatic heterocycles. The highest BCUT2D eigenvalue weighted by molar-refractivity contribution is 6.34. The number of phenols is 1. The first-order valence-corrected chi connectivity index (χ1v) is 7.43. The highest BCUT2D eigenvalue weighted by atomic mass is 35.5. The minimum absolute atomic E-state index is 0.0262. The Hall–Kier alpha value is -1.65. The van der Waals surface area contributed by atoms with Gasteiger partial charge in [-0.2, -0.15) is 13.2 Å². The Morgan fingerprint density at radius 2 is 1.65 bits per heavy atom. The summed E-state index contributed by atoms with van der Waals surface area (Å²) in [7, 11) is 0. The third-order valence-electron chi connectivity index (χ3n) is 3.30. The van der Waals surface area contributed by atoms with Crippen LogP contribution in [-0.4, -0.2) is 11.3 Å². The third-order valence-corrected chi connectivity index (χ3v) is 3.74. The maximum atomic E-state index is 13.3. The van der Waals surface area contributed by atoms with E-state index in [9.17, 15) is 18.3 Å². The van der Waals surface area contributed by atoms with Crippen LogP contribution < -0.4 is 0 Å². The standard InChI is InChI=1S/C17H13Cl2F3O/c1-10-6-11(3-5-16(10)23)2-4-15(17(20,21)22)12-7-13(18)9-14(19)8-12/h2-9,15,23H,1H3/b4-2+. The normalized spacial score (nSPS) is 13.5. The second-order valence-electron chi connectivity index (χ2n) is 5.13. The summed E-state index contributed by atoms with van der Waals surface area (Å²) in [5, 5.41) is 9.75. The molecule has 2 rings (SSSR count). The first-order valence-electron chi connectivity index (χ1n) is 6.67. The van der Waals surface area contributed by atoms with Gasteiger partial charge in [-0.15, -0.1) is 0 Å². The quantitative estimate of drug-likeness (QED) is 0.674. The summed E-state index contributed by atoms with van der Waals surface area (Å²) in [5.41, 5.74) is 1.12. The van der Waals surface area contributed by atoms with Gasteiger partial charge in [0.05, 0.1) is 5.92 Å². The van der Waals surface area contributed by atoms with Crippen molar-refractivity contribution in [3.63, 3.8) is 0 Å². The zero-order chi connectivity index (χ0) is 17.2. The van der Waals surface area contributed by atoms with Gasteiger partial charge in [0.25, 0.3) is 0 Å². The molecule has 0 spiro atoms. The number of alkyl halides is 3. The highest BCUT2D eigenvalue weighted by Crippen LogP contribution is 2.38. The van der Waals surface area contributed by atoms with Crippen molar-refractivity contribution in [2.75, 3.05) is 0 Å². The Balaban J connectivity index is 2.39. The van der Waals surface area contributed by atoms with Crippen molar-refractivity contribution >= 4 is 29.3 Å². The summed E-state index contributed by atoms with van der Waals surface area (Å²) in [6, 6.07) is 8.46. The van der Waals surface area contributed by atoms with E-state index in [1.165, 1.54) is 36.4 Å². The fourth-order valence-corrected chi connectivity index (χ4v) is 2.70. The van der Waals surface area contributed by atoms with Gasteiger partial charge >= 0.3 is 6.18 Å². The number of hydrogen-bond acceptors (Lipinski definition) is 1. The van der Waals surface area contributed by atoms with E-state index in [0.29, 0.717) is 11.1 Å². The lowest BCUT2D eigenvalue weighted by Gasteiger charge is -2.18. The highest BCUT2D eigenvalue weighted by Gasteiger charge is 2.39. The van der Waals surface area contributed by atoms with Crippen molar-refractivity contribution in [2.45, 2.75) is 19.0 Å². The van der Waals surface area contributed by atoms with Crippen molar-refractivity contribution in [1.29, 1.82) is 0 Å². The van der Waals surface area contributed by atoms with Gasteiger partial charge in [-0.05, 0) is 53.9 Å². The van der Waals surface area contributed by atoms with Crippen LogP contribution in [0.1, 0.15) is 22.6 Å². The molecule has 1 nitrogen and oxygen atoms in total. The lowest BCUT2D eigenvalue weighted by Crippen LogP contribution is -2.18. The molecule has 0 aliphatic rings. The van der Waals surface area contributed by atoms with Gasteiger partial charge in [-0.1, -0.05) is 41.4 Å². The number of hydrogen-bond donors (Lipinski definition) is 1. The maximum Gasteiger partial charge on any atom is 0.399 e. The summed E-state index contributed by atoms with van der Waals surface area (Å²) in [4.78, 5) is 0. The average molecular weight is 361 g/mol. The van der Waals surface area contributed by atoms with Gasteiger partial charge in [0.15, 0.2) is 0 Å². The van der Waals surface area contributed by atoms with Crippen LogP contribution in [0.25, 0.3) is 6.08 Å². The zero-order valence-corrected chi connectivity index (χ0v) is 13.5. The summed E-state index contributed by atoms with van der Waals surface area (Å²) in [6.07, 6.45) is -2.07. The summed E-state index contributed by atoms with van der Waals surface area (Å²) >= 11 is 11.6. The van der Waals surface area contributed by atoms with E-state index in [-0.39, 0.29) is 21.4 Å². The molecule has 0 saturated heterocycles. The van der Waals surface area contributed by atoms with Crippen LogP contribution in [-0.2, 0) is 0 Å². The average Bonchev–Trinajstić information content (AvgIpc) is 2.40. The van der Waals surface area contributed by atoms with Crippen LogP contribution in [0, 0.1) is 6.92 Å². The molecular weight excluding hydrogens is 348 g/mol. The van der Waals surface area contributed by atoms with Crippen molar-refractivity contribution in [3.8, 4) is 5.75 Å². The third kappa shape index (κ3) is 4.66. The Labute approximate surface area is 142 Å². The summed E-state index contributed by atoms with van der Waals surface area (Å²) in [5.74, 6) is -1.73. The fraction of sp³-hybridized carbons (Fsp3) is 0.176. The zero-order valence-electron chi connectivity index (χ0n) is 12.0. The molecule has 0 amide bonds. The number of allylic oxidation sites excluding steroid dienone is 1. The molecule has 0 saturated carbocycles. The van der Waals surface area contributed by atoms with Gasteiger partial charge < -0.3 is 5.11 Å². The van der Waals surface area contributed by atoms with Crippen LogP contribution in [0.3, 0.4) is 0 Å². The van der Waals surface area contributed by atoms with Crippen molar-refractivity contribution in [2.24, 2.45) is 0 Å². The van der Waals surface area contributed by atoms with E-state index in [0.717, 1.165) is 6.08 Å². The van der Waals surface area contributed by atoms with Crippen molar-refractivity contribution < 1.29 is 18.3 Å². The molecule has 0 heterocycles. The molecule has 23 heavy (non-hydrogen) atoms. The minimum atomic E-state index is -4.48. The number of benzene rings is 2. The molecule has 0 radical (unpaired) electrons. The molecule has 0 fully saturated rings. The van der Waals surface area contributed by atoms with Crippen LogP contribution in [0.4, 0.5) is 13.2 Å². The van der Waals surface area contributed by atoms with Crippen LogP contribution in [0.15, 0.2) is 42.5 Å². The van der Waals surface area contributed by atoms with E-state index >= 15 is 0 Å². The topological polar surface area (TPSA) is 20.2 Å². The van der Waals surface area contributed by atoms with E-state index in [4.69, 9.17) is 23.2 Å². The second-order valence-corrected chi connectivity index (χ2v) is 6.00. The molecule has 0 bridgehead atoms. The van der Waals surface area contributed by atoms with Crippen molar-refractivity contribution in [1.82, 2.24) is 0 Å². The number of aryl methyl sites for hydroxylation is 1. The predicted molar refractivity (Wildman–Crippen MR) is 87.1 cm³/mol. The maximum absolute atomic E-state index is 13.3. The van der Waals surface area contributed by atoms with Crippen LogP contribution in [0.2, 0.25) is 10.0 Å². The number of phenolic OH excluding ortho intramolecular Hbond substituents is 1. The van der Waals surface area contributed by atoms with Gasteiger partial charge in [-0.3, -0.25) is 0 Å². The van der Waals surface area contributed by atoms with Gasteiger partial charge in [0.1, 0.15) is 5.75 Å². The number of rotatable bonds is 3. The molecule has 122 valence electrons. The van der Waals surface area contributed by atoms with Crippen molar-refractivity contribution in [3.05, 3.63) is 69.2 Å². The molecule has 1 atom stereocenters. The first-order chi connectivity index (χ1) is 10.7. The number of aromatic hydroxyl groups is 1. The molecule has 0 aliphatic carbocycles. The van der Waals surface area contributed by atoms with Gasteiger partial charge in [-0.25, -0.2) is 0 Å². The Bertz CT molecular complexity index is 719. The largest absolute Gasteiger partial charge is 0.508 e. The molecular formula is C17H13Cl2F3O. The molecule has 2 aromatic carbocycles. The smallest absolute Gasteiger partial charge is 0.399 e. The summed E-state index contributed by atoms with van der Waals surface area (Å²) < 4.78 is 40.0. The Kier molecular flexibility index (Phi) is 5.27.